The molecule has 0 aliphatic rings. The molecule has 26 heavy (non-hydrogen) atoms. The third-order valence-corrected chi connectivity index (χ3v) is 3.17. The van der Waals surface area contributed by atoms with Gasteiger partial charge in [0.05, 0.1) is 12.4 Å². The Kier molecular flexibility index (Phi) is 6.87. The second-order valence-corrected chi connectivity index (χ2v) is 5.27. The molecule has 4 N–H and O–H groups in total. The first-order valence-corrected chi connectivity index (χ1v) is 7.75. The number of hydrazone groups is 2. The van der Waals surface area contributed by atoms with Gasteiger partial charge in [-0.3, -0.25) is 9.59 Å². The summed E-state index contributed by atoms with van der Waals surface area (Å²) in [6.07, 6.45) is 2.79. The van der Waals surface area contributed by atoms with Gasteiger partial charge in [-0.15, -0.1) is 0 Å². The molecule has 0 spiro atoms. The van der Waals surface area contributed by atoms with E-state index in [2.05, 4.69) is 21.1 Å². The lowest BCUT2D eigenvalue weighted by atomic mass is 10.2. The molecule has 2 rings (SSSR count). The minimum Gasteiger partial charge on any atom is -0.508 e. The monoisotopic (exact) mass is 354 g/mol. The van der Waals surface area contributed by atoms with Crippen molar-refractivity contribution in [1.82, 2.24) is 10.9 Å². The standard InChI is InChI=1S/C18H18N4O4/c23-15-5-1-13(2-6-15)11-19-21-17(25)9-10-18(26)22-20-12-14-3-7-16(24)8-4-14/h1-8,11-12,23-24H,9-10H2,(H,21,25)(H,22,26)/b19-11-,20-12-. The molecule has 0 bridgehead atoms. The van der Waals surface area contributed by atoms with Crippen LogP contribution >= 0.6 is 0 Å². The lowest BCUT2D eigenvalue weighted by Crippen LogP contribution is -2.22. The zero-order valence-corrected chi connectivity index (χ0v) is 13.8. The zero-order chi connectivity index (χ0) is 18.8. The van der Waals surface area contributed by atoms with Crippen LogP contribution in [0.1, 0.15) is 24.0 Å². The molecule has 0 saturated carbocycles. The number of carbonyl (C=O) groups is 2. The summed E-state index contributed by atoms with van der Waals surface area (Å²) in [7, 11) is 0. The maximum atomic E-state index is 11.6. The number of aromatic hydroxyl groups is 2. The molecule has 0 radical (unpaired) electrons. The Bertz CT molecular complexity index is 729. The van der Waals surface area contributed by atoms with Gasteiger partial charge in [0.2, 0.25) is 11.8 Å². The van der Waals surface area contributed by atoms with Gasteiger partial charge in [-0.25, -0.2) is 10.9 Å². The number of rotatable bonds is 7. The molecule has 0 aliphatic heterocycles. The number of carbonyl (C=O) groups excluding carboxylic acids is 2. The summed E-state index contributed by atoms with van der Waals surface area (Å²) in [5.74, 6) is -0.522. The molecule has 2 amide bonds. The molecule has 8 heteroatoms. The Morgan fingerprint density at radius 1 is 0.731 bits per heavy atom. The maximum absolute atomic E-state index is 11.6. The summed E-state index contributed by atoms with van der Waals surface area (Å²) in [5.41, 5.74) is 6.05. The van der Waals surface area contributed by atoms with Gasteiger partial charge in [0.15, 0.2) is 0 Å². The van der Waals surface area contributed by atoms with Crippen LogP contribution in [0.4, 0.5) is 0 Å². The fourth-order valence-electron chi connectivity index (χ4n) is 1.82. The number of hydrogen-bond acceptors (Lipinski definition) is 6. The third kappa shape index (κ3) is 6.83. The van der Waals surface area contributed by atoms with Crippen molar-refractivity contribution in [3.05, 3.63) is 59.7 Å². The zero-order valence-electron chi connectivity index (χ0n) is 13.8. The lowest BCUT2D eigenvalue weighted by molar-refractivity contribution is -0.126. The minimum absolute atomic E-state index is 0.0342. The highest BCUT2D eigenvalue weighted by atomic mass is 16.3. The number of benzene rings is 2. The first-order chi connectivity index (χ1) is 12.5. The number of phenolic OH excluding ortho intramolecular Hbond substituents is 2. The second-order valence-electron chi connectivity index (χ2n) is 5.27. The van der Waals surface area contributed by atoms with Crippen LogP contribution < -0.4 is 10.9 Å². The Morgan fingerprint density at radius 3 is 1.42 bits per heavy atom. The highest BCUT2D eigenvalue weighted by Crippen LogP contribution is 2.08. The summed E-state index contributed by atoms with van der Waals surface area (Å²) in [6, 6.07) is 12.6. The van der Waals surface area contributed by atoms with Gasteiger partial charge >= 0.3 is 0 Å². The number of nitrogens with zero attached hydrogens (tertiary/aromatic N) is 2. The topological polar surface area (TPSA) is 123 Å². The van der Waals surface area contributed by atoms with E-state index in [1.807, 2.05) is 0 Å². The molecule has 0 heterocycles. The van der Waals surface area contributed by atoms with Gasteiger partial charge in [0, 0.05) is 12.8 Å². The van der Waals surface area contributed by atoms with E-state index in [0.29, 0.717) is 11.1 Å². The SMILES string of the molecule is O=C(CCC(=O)N/N=C\c1ccc(O)cc1)N/N=C\c1ccc(O)cc1. The Balaban J connectivity index is 1.67. The van der Waals surface area contributed by atoms with Crippen LogP contribution in [0.3, 0.4) is 0 Å². The molecule has 0 saturated heterocycles. The van der Waals surface area contributed by atoms with Crippen LogP contribution in [0, 0.1) is 0 Å². The van der Waals surface area contributed by atoms with E-state index >= 15 is 0 Å². The predicted molar refractivity (Wildman–Crippen MR) is 96.9 cm³/mol. The van der Waals surface area contributed by atoms with Gasteiger partial charge in [-0.05, 0) is 59.7 Å². The normalized spacial score (nSPS) is 10.9. The molecule has 0 aromatic heterocycles. The number of phenols is 2. The molecule has 2 aromatic carbocycles. The molecular weight excluding hydrogens is 336 g/mol. The largest absolute Gasteiger partial charge is 0.508 e. The van der Waals surface area contributed by atoms with Crippen molar-refractivity contribution < 1.29 is 19.8 Å². The van der Waals surface area contributed by atoms with E-state index in [-0.39, 0.29) is 24.3 Å². The molecule has 0 aliphatic carbocycles. The highest BCUT2D eigenvalue weighted by Gasteiger charge is 2.05. The third-order valence-electron chi connectivity index (χ3n) is 3.17. The minimum atomic E-state index is -0.405. The molecule has 8 nitrogen and oxygen atoms in total. The smallest absolute Gasteiger partial charge is 0.240 e. The first kappa shape index (κ1) is 18.7. The predicted octanol–water partition coefficient (Wildman–Crippen LogP) is 1.48. The Hall–Kier alpha value is -3.68. The summed E-state index contributed by atoms with van der Waals surface area (Å²) in [6.45, 7) is 0. The second kappa shape index (κ2) is 9.58. The van der Waals surface area contributed by atoms with Crippen LogP contribution in [-0.4, -0.2) is 34.5 Å². The molecule has 134 valence electrons. The van der Waals surface area contributed by atoms with E-state index < -0.39 is 11.8 Å². The van der Waals surface area contributed by atoms with Crippen LogP contribution in [0.25, 0.3) is 0 Å². The van der Waals surface area contributed by atoms with Crippen molar-refractivity contribution in [2.75, 3.05) is 0 Å². The molecular formula is C18H18N4O4. The summed E-state index contributed by atoms with van der Waals surface area (Å²) in [5, 5.41) is 25.9. The van der Waals surface area contributed by atoms with Crippen LogP contribution in [0.2, 0.25) is 0 Å². The lowest BCUT2D eigenvalue weighted by Gasteiger charge is -2.00. The van der Waals surface area contributed by atoms with Gasteiger partial charge in [-0.1, -0.05) is 0 Å². The van der Waals surface area contributed by atoms with Crippen molar-refractivity contribution in [1.29, 1.82) is 0 Å². The van der Waals surface area contributed by atoms with Crippen molar-refractivity contribution >= 4 is 24.2 Å². The summed E-state index contributed by atoms with van der Waals surface area (Å²) < 4.78 is 0. The number of amides is 2. The van der Waals surface area contributed by atoms with E-state index in [9.17, 15) is 9.59 Å². The Labute approximate surface area is 149 Å². The number of hydrogen-bond donors (Lipinski definition) is 4. The van der Waals surface area contributed by atoms with Gasteiger partial charge < -0.3 is 10.2 Å². The van der Waals surface area contributed by atoms with Gasteiger partial charge in [0.25, 0.3) is 0 Å². The average Bonchev–Trinajstić information content (AvgIpc) is 2.63. The van der Waals surface area contributed by atoms with E-state index in [1.165, 1.54) is 36.7 Å². The molecule has 0 unspecified atom stereocenters. The fraction of sp³-hybridized carbons (Fsp3) is 0.111. The van der Waals surface area contributed by atoms with Gasteiger partial charge in [0.1, 0.15) is 11.5 Å². The average molecular weight is 354 g/mol. The maximum Gasteiger partial charge on any atom is 0.240 e. The van der Waals surface area contributed by atoms with Crippen molar-refractivity contribution in [3.8, 4) is 11.5 Å². The van der Waals surface area contributed by atoms with Crippen LogP contribution in [0.15, 0.2) is 58.7 Å². The van der Waals surface area contributed by atoms with E-state index in [4.69, 9.17) is 10.2 Å². The summed E-state index contributed by atoms with van der Waals surface area (Å²) >= 11 is 0. The summed E-state index contributed by atoms with van der Waals surface area (Å²) in [4.78, 5) is 23.2. The van der Waals surface area contributed by atoms with E-state index in [0.717, 1.165) is 0 Å². The Morgan fingerprint density at radius 2 is 1.08 bits per heavy atom. The highest BCUT2D eigenvalue weighted by molar-refractivity contribution is 5.86. The van der Waals surface area contributed by atoms with Crippen molar-refractivity contribution in [3.63, 3.8) is 0 Å². The molecule has 0 atom stereocenters. The first-order valence-electron chi connectivity index (χ1n) is 7.75. The number of nitrogens with one attached hydrogen (secondary N) is 2. The molecule has 2 aromatic rings. The van der Waals surface area contributed by atoms with Crippen LogP contribution in [0.5, 0.6) is 11.5 Å². The molecule has 0 fully saturated rings. The van der Waals surface area contributed by atoms with Gasteiger partial charge in [-0.2, -0.15) is 10.2 Å². The van der Waals surface area contributed by atoms with E-state index in [1.54, 1.807) is 24.3 Å². The van der Waals surface area contributed by atoms with Crippen molar-refractivity contribution in [2.45, 2.75) is 12.8 Å². The van der Waals surface area contributed by atoms with Crippen LogP contribution in [-0.2, 0) is 9.59 Å². The fourth-order valence-corrected chi connectivity index (χ4v) is 1.82. The van der Waals surface area contributed by atoms with Crippen molar-refractivity contribution in [2.24, 2.45) is 10.2 Å². The quantitative estimate of drug-likeness (QED) is 0.444.